The Balaban J connectivity index is 2.56. The van der Waals surface area contributed by atoms with Crippen LogP contribution in [0.1, 0.15) is 16.1 Å². The van der Waals surface area contributed by atoms with Crippen LogP contribution in [0.3, 0.4) is 0 Å². The molecule has 0 amide bonds. The van der Waals surface area contributed by atoms with Crippen LogP contribution in [0.5, 0.6) is 0 Å². The average molecular weight is 247 g/mol. The van der Waals surface area contributed by atoms with Crippen molar-refractivity contribution in [2.75, 3.05) is 12.8 Å². The second-order valence-electron chi connectivity index (χ2n) is 3.75. The van der Waals surface area contributed by atoms with Crippen molar-refractivity contribution < 1.29 is 9.53 Å². The van der Waals surface area contributed by atoms with Crippen molar-refractivity contribution in [3.8, 4) is 11.6 Å². The van der Waals surface area contributed by atoms with E-state index in [9.17, 15) is 4.79 Å². The van der Waals surface area contributed by atoms with Gasteiger partial charge in [-0.15, -0.1) is 0 Å². The Kier molecular flexibility index (Phi) is 2.97. The summed E-state index contributed by atoms with van der Waals surface area (Å²) < 4.78 is 6.40. The lowest BCUT2D eigenvalue weighted by Crippen LogP contribution is -2.13. The molecule has 0 saturated carbocycles. The normalized spacial score (nSPS) is 10.4. The zero-order chi connectivity index (χ0) is 13.3. The number of rotatable bonds is 2. The molecular formula is C11H13N5O2. The van der Waals surface area contributed by atoms with E-state index in [2.05, 4.69) is 19.7 Å². The average Bonchev–Trinajstić information content (AvgIpc) is 2.74. The van der Waals surface area contributed by atoms with Crippen LogP contribution in [0.2, 0.25) is 0 Å². The summed E-state index contributed by atoms with van der Waals surface area (Å²) >= 11 is 0. The van der Waals surface area contributed by atoms with Crippen LogP contribution in [-0.4, -0.2) is 32.6 Å². The maximum Gasteiger partial charge on any atom is 0.343 e. The Morgan fingerprint density at radius 2 is 2.17 bits per heavy atom. The summed E-state index contributed by atoms with van der Waals surface area (Å²) in [6.07, 6.45) is 3.41. The molecule has 18 heavy (non-hydrogen) atoms. The van der Waals surface area contributed by atoms with E-state index >= 15 is 0 Å². The summed E-state index contributed by atoms with van der Waals surface area (Å²) in [6.45, 7) is 1.68. The second-order valence-corrected chi connectivity index (χ2v) is 3.75. The first-order valence-electron chi connectivity index (χ1n) is 5.24. The number of aromatic nitrogens is 4. The van der Waals surface area contributed by atoms with Crippen LogP contribution in [0.15, 0.2) is 12.4 Å². The summed E-state index contributed by atoms with van der Waals surface area (Å²) in [5.74, 6) is 0.509. The van der Waals surface area contributed by atoms with E-state index in [4.69, 9.17) is 5.73 Å². The number of hydrogen-bond acceptors (Lipinski definition) is 6. The topological polar surface area (TPSA) is 95.9 Å². The monoisotopic (exact) mass is 247 g/mol. The number of ether oxygens (including phenoxy) is 1. The fraction of sp³-hybridized carbons (Fsp3) is 0.273. The molecule has 94 valence electrons. The third kappa shape index (κ3) is 1.90. The third-order valence-electron chi connectivity index (χ3n) is 2.53. The Morgan fingerprint density at radius 3 is 2.67 bits per heavy atom. The van der Waals surface area contributed by atoms with Gasteiger partial charge in [0, 0.05) is 19.4 Å². The zero-order valence-electron chi connectivity index (χ0n) is 10.3. The molecule has 0 spiro atoms. The highest BCUT2D eigenvalue weighted by Crippen LogP contribution is 2.19. The fourth-order valence-electron chi connectivity index (χ4n) is 1.63. The minimum absolute atomic E-state index is 0.0901. The van der Waals surface area contributed by atoms with Gasteiger partial charge in [-0.2, -0.15) is 0 Å². The van der Waals surface area contributed by atoms with Crippen molar-refractivity contribution in [2.45, 2.75) is 6.92 Å². The smallest absolute Gasteiger partial charge is 0.343 e. The molecule has 7 nitrogen and oxygen atoms in total. The number of aryl methyl sites for hydroxylation is 2. The number of carbonyl (C=O) groups is 1. The highest BCUT2D eigenvalue weighted by Gasteiger charge is 2.19. The van der Waals surface area contributed by atoms with Crippen LogP contribution in [0, 0.1) is 6.92 Å². The summed E-state index contributed by atoms with van der Waals surface area (Å²) in [6, 6.07) is 0. The summed E-state index contributed by atoms with van der Waals surface area (Å²) in [5.41, 5.74) is 6.42. The number of nitrogens with zero attached hydrogens (tertiary/aromatic N) is 4. The first kappa shape index (κ1) is 12.0. The van der Waals surface area contributed by atoms with Gasteiger partial charge in [-0.05, 0) is 6.92 Å². The quantitative estimate of drug-likeness (QED) is 0.779. The molecule has 0 aliphatic heterocycles. The number of nitrogen functional groups attached to an aromatic ring is 1. The van der Waals surface area contributed by atoms with Gasteiger partial charge < -0.3 is 15.0 Å². The van der Waals surface area contributed by atoms with Gasteiger partial charge in [0.15, 0.2) is 11.6 Å². The lowest BCUT2D eigenvalue weighted by atomic mass is 10.2. The van der Waals surface area contributed by atoms with E-state index in [1.54, 1.807) is 23.9 Å². The van der Waals surface area contributed by atoms with E-state index in [0.717, 1.165) is 0 Å². The van der Waals surface area contributed by atoms with Gasteiger partial charge in [0.2, 0.25) is 0 Å². The van der Waals surface area contributed by atoms with Crippen molar-refractivity contribution in [3.63, 3.8) is 0 Å². The molecule has 0 bridgehead atoms. The largest absolute Gasteiger partial charge is 0.465 e. The van der Waals surface area contributed by atoms with Crippen LogP contribution >= 0.6 is 0 Å². The standard InChI is InChI=1S/C11H13N5O2/c1-6-7(11(17)18-3)8(12)15-9(14-6)10-13-4-5-16(10)2/h4-5H,1-3H3,(H2,12,14,15). The lowest BCUT2D eigenvalue weighted by Gasteiger charge is -2.08. The van der Waals surface area contributed by atoms with E-state index in [0.29, 0.717) is 17.3 Å². The first-order valence-corrected chi connectivity index (χ1v) is 5.24. The maximum atomic E-state index is 11.5. The Labute approximate surface area is 104 Å². The number of anilines is 1. The molecule has 7 heteroatoms. The van der Waals surface area contributed by atoms with Crippen molar-refractivity contribution in [2.24, 2.45) is 7.05 Å². The number of hydrogen-bond donors (Lipinski definition) is 1. The van der Waals surface area contributed by atoms with E-state index in [-0.39, 0.29) is 11.4 Å². The highest BCUT2D eigenvalue weighted by molar-refractivity contribution is 5.95. The van der Waals surface area contributed by atoms with Gasteiger partial charge in [0.05, 0.1) is 12.8 Å². The Hall–Kier alpha value is -2.44. The van der Waals surface area contributed by atoms with Gasteiger partial charge in [-0.1, -0.05) is 0 Å². The molecular weight excluding hydrogens is 234 g/mol. The molecule has 0 saturated heterocycles. The molecule has 0 aromatic carbocycles. The molecule has 0 fully saturated rings. The molecule has 0 aliphatic rings. The molecule has 2 aromatic rings. The van der Waals surface area contributed by atoms with Gasteiger partial charge in [0.25, 0.3) is 0 Å². The number of imidazole rings is 1. The van der Waals surface area contributed by atoms with Gasteiger partial charge in [0.1, 0.15) is 11.4 Å². The maximum absolute atomic E-state index is 11.5. The van der Waals surface area contributed by atoms with Crippen LogP contribution in [0.4, 0.5) is 5.82 Å². The van der Waals surface area contributed by atoms with E-state index < -0.39 is 5.97 Å². The number of methoxy groups -OCH3 is 1. The van der Waals surface area contributed by atoms with Gasteiger partial charge >= 0.3 is 5.97 Å². The minimum atomic E-state index is -0.545. The minimum Gasteiger partial charge on any atom is -0.465 e. The van der Waals surface area contributed by atoms with Crippen molar-refractivity contribution in [3.05, 3.63) is 23.7 Å². The van der Waals surface area contributed by atoms with Crippen LogP contribution in [0.25, 0.3) is 11.6 Å². The molecule has 0 unspecified atom stereocenters. The Morgan fingerprint density at radius 1 is 1.44 bits per heavy atom. The molecule has 2 rings (SSSR count). The molecule has 2 aromatic heterocycles. The number of nitrogens with two attached hydrogens (primary N) is 1. The van der Waals surface area contributed by atoms with Gasteiger partial charge in [-0.3, -0.25) is 0 Å². The SMILES string of the molecule is COC(=O)c1c(C)nc(-c2nccn2C)nc1N. The fourth-order valence-corrected chi connectivity index (χ4v) is 1.63. The Bertz CT molecular complexity index is 582. The third-order valence-corrected chi connectivity index (χ3v) is 2.53. The van der Waals surface area contributed by atoms with Crippen molar-refractivity contribution in [1.29, 1.82) is 0 Å². The highest BCUT2D eigenvalue weighted by atomic mass is 16.5. The van der Waals surface area contributed by atoms with Crippen molar-refractivity contribution >= 4 is 11.8 Å². The van der Waals surface area contributed by atoms with E-state index in [1.807, 2.05) is 7.05 Å². The van der Waals surface area contributed by atoms with E-state index in [1.165, 1.54) is 7.11 Å². The number of esters is 1. The first-order chi connectivity index (χ1) is 8.54. The second kappa shape index (κ2) is 4.44. The predicted molar refractivity (Wildman–Crippen MR) is 64.7 cm³/mol. The van der Waals surface area contributed by atoms with Crippen LogP contribution < -0.4 is 5.73 Å². The molecule has 0 aliphatic carbocycles. The molecule has 0 radical (unpaired) electrons. The predicted octanol–water partition coefficient (Wildman–Crippen LogP) is 0.554. The lowest BCUT2D eigenvalue weighted by molar-refractivity contribution is 0.0600. The molecule has 2 heterocycles. The summed E-state index contributed by atoms with van der Waals surface area (Å²) in [7, 11) is 3.11. The zero-order valence-corrected chi connectivity index (χ0v) is 10.3. The number of carbonyl (C=O) groups excluding carboxylic acids is 1. The summed E-state index contributed by atoms with van der Waals surface area (Å²) in [4.78, 5) is 24.0. The van der Waals surface area contributed by atoms with Crippen molar-refractivity contribution in [1.82, 2.24) is 19.5 Å². The van der Waals surface area contributed by atoms with Crippen LogP contribution in [-0.2, 0) is 11.8 Å². The molecule has 2 N–H and O–H groups in total. The molecule has 0 atom stereocenters. The summed E-state index contributed by atoms with van der Waals surface area (Å²) in [5, 5.41) is 0. The van der Waals surface area contributed by atoms with Gasteiger partial charge in [-0.25, -0.2) is 19.7 Å².